The summed E-state index contributed by atoms with van der Waals surface area (Å²) in [7, 11) is 0. The van der Waals surface area contributed by atoms with Crippen molar-refractivity contribution in [2.24, 2.45) is 5.92 Å². The first-order valence-corrected chi connectivity index (χ1v) is 10.9. The van der Waals surface area contributed by atoms with E-state index in [2.05, 4.69) is 39.9 Å². The Labute approximate surface area is 183 Å². The van der Waals surface area contributed by atoms with Crippen LogP contribution in [0.3, 0.4) is 0 Å². The Morgan fingerprint density at radius 1 is 0.935 bits per heavy atom. The second-order valence-electron chi connectivity index (χ2n) is 8.12. The molecule has 0 aromatic heterocycles. The van der Waals surface area contributed by atoms with Crippen molar-refractivity contribution < 1.29 is 14.0 Å². The lowest BCUT2D eigenvalue weighted by Gasteiger charge is -2.30. The van der Waals surface area contributed by atoms with E-state index in [1.165, 1.54) is 36.6 Å². The Hall–Kier alpha value is -2.93. The first-order chi connectivity index (χ1) is 15.0. The molecule has 0 atom stereocenters. The summed E-state index contributed by atoms with van der Waals surface area (Å²) in [4.78, 5) is 26.3. The molecule has 1 aliphatic rings. The number of nitrogens with one attached hydrogen (secondary N) is 3. The number of likely N-dealkylation sites (tertiary alicyclic amines) is 1. The van der Waals surface area contributed by atoms with Gasteiger partial charge in [-0.2, -0.15) is 0 Å². The lowest BCUT2D eigenvalue weighted by Crippen LogP contribution is -2.40. The molecular weight excluding hydrogens is 395 g/mol. The fourth-order valence-electron chi connectivity index (χ4n) is 3.58. The second kappa shape index (κ2) is 11.5. The molecule has 1 saturated heterocycles. The van der Waals surface area contributed by atoms with Gasteiger partial charge in [0.2, 0.25) is 0 Å². The predicted molar refractivity (Wildman–Crippen MR) is 119 cm³/mol. The Morgan fingerprint density at radius 3 is 2.29 bits per heavy atom. The number of nitrogens with zero attached hydrogens (tertiary/aromatic N) is 1. The number of rotatable bonds is 8. The van der Waals surface area contributed by atoms with Crippen LogP contribution in [0.4, 0.5) is 9.18 Å². The summed E-state index contributed by atoms with van der Waals surface area (Å²) in [6.45, 7) is 6.49. The zero-order chi connectivity index (χ0) is 22.1. The molecule has 3 amide bonds. The van der Waals surface area contributed by atoms with Crippen LogP contribution < -0.4 is 16.0 Å². The number of carbonyl (C=O) groups excluding carboxylic acids is 2. The molecule has 0 spiro atoms. The van der Waals surface area contributed by atoms with E-state index in [1.54, 1.807) is 6.07 Å². The van der Waals surface area contributed by atoms with E-state index in [4.69, 9.17) is 0 Å². The molecule has 2 aromatic rings. The average molecular weight is 427 g/mol. The van der Waals surface area contributed by atoms with E-state index in [-0.39, 0.29) is 24.7 Å². The van der Waals surface area contributed by atoms with Crippen LogP contribution in [0.5, 0.6) is 0 Å². The third kappa shape index (κ3) is 7.36. The van der Waals surface area contributed by atoms with E-state index < -0.39 is 11.7 Å². The van der Waals surface area contributed by atoms with Crippen molar-refractivity contribution in [3.05, 3.63) is 71.0 Å². The quantitative estimate of drug-likeness (QED) is 0.567. The Balaban J connectivity index is 1.31. The monoisotopic (exact) mass is 426 g/mol. The highest BCUT2D eigenvalue weighted by Gasteiger charge is 2.15. The molecular formula is C24H31FN4O2. The minimum Gasteiger partial charge on any atom is -0.350 e. The highest BCUT2D eigenvalue weighted by atomic mass is 19.1. The van der Waals surface area contributed by atoms with Crippen LogP contribution in [0, 0.1) is 11.7 Å². The van der Waals surface area contributed by atoms with Gasteiger partial charge in [-0.05, 0) is 55.1 Å². The van der Waals surface area contributed by atoms with Crippen molar-refractivity contribution in [2.45, 2.75) is 32.9 Å². The van der Waals surface area contributed by atoms with Crippen molar-refractivity contribution in [3.8, 4) is 0 Å². The van der Waals surface area contributed by atoms with E-state index >= 15 is 0 Å². The molecule has 2 aromatic carbocycles. The lowest BCUT2D eigenvalue weighted by atomic mass is 9.99. The van der Waals surface area contributed by atoms with Crippen LogP contribution in [0.1, 0.15) is 41.3 Å². The first kappa shape index (κ1) is 22.7. The molecule has 0 radical (unpaired) electrons. The van der Waals surface area contributed by atoms with Crippen molar-refractivity contribution in [3.63, 3.8) is 0 Å². The van der Waals surface area contributed by atoms with Crippen LogP contribution >= 0.6 is 0 Å². The Bertz CT molecular complexity index is 864. The molecule has 31 heavy (non-hydrogen) atoms. The summed E-state index contributed by atoms with van der Waals surface area (Å²) in [6.07, 6.45) is 2.54. The van der Waals surface area contributed by atoms with Crippen LogP contribution in [-0.2, 0) is 13.1 Å². The zero-order valence-electron chi connectivity index (χ0n) is 18.0. The van der Waals surface area contributed by atoms with Gasteiger partial charge >= 0.3 is 6.03 Å². The second-order valence-corrected chi connectivity index (χ2v) is 8.12. The summed E-state index contributed by atoms with van der Waals surface area (Å²) in [6, 6.07) is 13.8. The predicted octanol–water partition coefficient (Wildman–Crippen LogP) is 3.29. The molecule has 1 heterocycles. The number of benzene rings is 2. The van der Waals surface area contributed by atoms with Gasteiger partial charge < -0.3 is 16.0 Å². The van der Waals surface area contributed by atoms with Gasteiger partial charge in [0.25, 0.3) is 5.91 Å². The van der Waals surface area contributed by atoms with Crippen molar-refractivity contribution in [1.29, 1.82) is 0 Å². The number of piperidine rings is 1. The molecule has 3 rings (SSSR count). The maximum atomic E-state index is 13.6. The third-order valence-electron chi connectivity index (χ3n) is 5.57. The van der Waals surface area contributed by atoms with Crippen LogP contribution in [0.2, 0.25) is 0 Å². The highest BCUT2D eigenvalue weighted by Crippen LogP contribution is 2.18. The molecule has 6 nitrogen and oxygen atoms in total. The number of carbonyl (C=O) groups is 2. The zero-order valence-corrected chi connectivity index (χ0v) is 18.0. The molecule has 166 valence electrons. The van der Waals surface area contributed by atoms with Crippen LogP contribution in [0.25, 0.3) is 0 Å². The van der Waals surface area contributed by atoms with Crippen molar-refractivity contribution >= 4 is 11.9 Å². The largest absolute Gasteiger partial charge is 0.350 e. The van der Waals surface area contributed by atoms with Gasteiger partial charge in [0.05, 0.1) is 5.56 Å². The maximum absolute atomic E-state index is 13.6. The van der Waals surface area contributed by atoms with E-state index in [0.29, 0.717) is 6.54 Å². The van der Waals surface area contributed by atoms with Gasteiger partial charge in [-0.25, -0.2) is 9.18 Å². The number of hydrogen-bond donors (Lipinski definition) is 3. The SMILES string of the molecule is CC1CCN(Cc2ccc(CNC(=O)NCCNC(=O)c3ccccc3F)cc2)CC1. The number of hydrogen-bond acceptors (Lipinski definition) is 3. The summed E-state index contributed by atoms with van der Waals surface area (Å²) in [5.74, 6) is -0.235. The fraction of sp³-hybridized carbons (Fsp3) is 0.417. The molecule has 0 bridgehead atoms. The normalized spacial score (nSPS) is 14.8. The molecule has 0 unspecified atom stereocenters. The van der Waals surface area contributed by atoms with Gasteiger partial charge in [0, 0.05) is 26.2 Å². The summed E-state index contributed by atoms with van der Waals surface area (Å²) >= 11 is 0. The lowest BCUT2D eigenvalue weighted by molar-refractivity contribution is 0.0950. The average Bonchev–Trinajstić information content (AvgIpc) is 2.78. The molecule has 1 aliphatic heterocycles. The summed E-state index contributed by atoms with van der Waals surface area (Å²) in [5, 5.41) is 8.06. The Morgan fingerprint density at radius 2 is 1.58 bits per heavy atom. The molecule has 3 N–H and O–H groups in total. The number of halogens is 1. The molecule has 7 heteroatoms. The van der Waals surface area contributed by atoms with Gasteiger partial charge in [0.15, 0.2) is 0 Å². The third-order valence-corrected chi connectivity index (χ3v) is 5.57. The minimum absolute atomic E-state index is 0.00903. The molecule has 0 saturated carbocycles. The fourth-order valence-corrected chi connectivity index (χ4v) is 3.58. The van der Waals surface area contributed by atoms with E-state index in [1.807, 2.05) is 12.1 Å². The van der Waals surface area contributed by atoms with Crippen molar-refractivity contribution in [1.82, 2.24) is 20.9 Å². The Kier molecular flexibility index (Phi) is 8.41. The number of urea groups is 1. The highest BCUT2D eigenvalue weighted by molar-refractivity contribution is 5.94. The maximum Gasteiger partial charge on any atom is 0.315 e. The van der Waals surface area contributed by atoms with Gasteiger partial charge in [-0.3, -0.25) is 9.69 Å². The smallest absolute Gasteiger partial charge is 0.315 e. The topological polar surface area (TPSA) is 73.5 Å². The minimum atomic E-state index is -0.567. The van der Waals surface area contributed by atoms with Crippen LogP contribution in [0.15, 0.2) is 48.5 Å². The number of amides is 3. The molecule has 0 aliphatic carbocycles. The van der Waals surface area contributed by atoms with E-state index in [9.17, 15) is 14.0 Å². The van der Waals surface area contributed by atoms with Crippen molar-refractivity contribution in [2.75, 3.05) is 26.2 Å². The first-order valence-electron chi connectivity index (χ1n) is 10.9. The van der Waals surface area contributed by atoms with E-state index in [0.717, 1.165) is 31.1 Å². The summed E-state index contributed by atoms with van der Waals surface area (Å²) in [5.41, 5.74) is 2.30. The van der Waals surface area contributed by atoms with Gasteiger partial charge in [-0.15, -0.1) is 0 Å². The van der Waals surface area contributed by atoms with Gasteiger partial charge in [-0.1, -0.05) is 43.3 Å². The molecule has 1 fully saturated rings. The van der Waals surface area contributed by atoms with Gasteiger partial charge in [0.1, 0.15) is 5.82 Å². The summed E-state index contributed by atoms with van der Waals surface area (Å²) < 4.78 is 13.6. The standard InChI is InChI=1S/C24H31FN4O2/c1-18-10-14-29(15-11-18)17-20-8-6-19(7-9-20)16-28-24(31)27-13-12-26-23(30)21-4-2-3-5-22(21)25/h2-9,18H,10-17H2,1H3,(H,26,30)(H2,27,28,31). The van der Waals surface area contributed by atoms with Crippen LogP contribution in [-0.4, -0.2) is 43.0 Å².